The van der Waals surface area contributed by atoms with Gasteiger partial charge in [0.15, 0.2) is 0 Å². The number of aryl methyl sites for hydroxylation is 1. The van der Waals surface area contributed by atoms with Gasteiger partial charge in [0.1, 0.15) is 18.4 Å². The number of carbonyl (C=O) groups is 2. The van der Waals surface area contributed by atoms with Crippen LogP contribution in [0.25, 0.3) is 0 Å². The van der Waals surface area contributed by atoms with Crippen LogP contribution in [0.4, 0.5) is 10.1 Å². The molecule has 35 heavy (non-hydrogen) atoms. The third-order valence-electron chi connectivity index (χ3n) is 5.69. The second-order valence-corrected chi connectivity index (χ2v) is 10.7. The van der Waals surface area contributed by atoms with Crippen LogP contribution in [-0.4, -0.2) is 50.5 Å². The molecule has 0 unspecified atom stereocenters. The van der Waals surface area contributed by atoms with Crippen molar-refractivity contribution in [3.63, 3.8) is 0 Å². The second kappa shape index (κ2) is 12.9. The van der Waals surface area contributed by atoms with E-state index in [2.05, 4.69) is 5.32 Å². The number of benzene rings is 2. The Morgan fingerprint density at radius 1 is 1.14 bits per heavy atom. The van der Waals surface area contributed by atoms with E-state index >= 15 is 0 Å². The number of anilines is 1. The second-order valence-electron chi connectivity index (χ2n) is 8.38. The fourth-order valence-electron chi connectivity index (χ4n) is 3.65. The maximum atomic E-state index is 13.7. The SMILES string of the molecule is CCCCNC(=O)[C@@H](CC)N(Cc1ccccc1C)C(=O)CN(c1ccc(F)c(Cl)c1)S(C)(=O)=O. The highest BCUT2D eigenvalue weighted by Crippen LogP contribution is 2.25. The largest absolute Gasteiger partial charge is 0.354 e. The quantitative estimate of drug-likeness (QED) is 0.419. The number of hydrogen-bond donors (Lipinski definition) is 1. The minimum atomic E-state index is -3.92. The molecule has 2 amide bonds. The molecule has 0 saturated heterocycles. The van der Waals surface area contributed by atoms with Gasteiger partial charge in [-0.05, 0) is 49.1 Å². The molecule has 192 valence electrons. The molecule has 10 heteroatoms. The molecule has 0 fully saturated rings. The molecule has 0 aliphatic rings. The number of halogens is 2. The van der Waals surface area contributed by atoms with E-state index in [4.69, 9.17) is 11.6 Å². The molecule has 2 aromatic carbocycles. The van der Waals surface area contributed by atoms with Gasteiger partial charge in [-0.1, -0.05) is 56.1 Å². The lowest BCUT2D eigenvalue weighted by molar-refractivity contribution is -0.140. The maximum absolute atomic E-state index is 13.7. The zero-order valence-corrected chi connectivity index (χ0v) is 22.1. The summed E-state index contributed by atoms with van der Waals surface area (Å²) in [6.07, 6.45) is 3.02. The maximum Gasteiger partial charge on any atom is 0.244 e. The van der Waals surface area contributed by atoms with Gasteiger partial charge in [0.25, 0.3) is 0 Å². The van der Waals surface area contributed by atoms with Crippen molar-refractivity contribution in [3.8, 4) is 0 Å². The summed E-state index contributed by atoms with van der Waals surface area (Å²) in [4.78, 5) is 28.0. The van der Waals surface area contributed by atoms with E-state index in [0.717, 1.165) is 46.7 Å². The summed E-state index contributed by atoms with van der Waals surface area (Å²) in [6, 6.07) is 10.1. The molecule has 2 aromatic rings. The van der Waals surface area contributed by atoms with Crippen LogP contribution >= 0.6 is 11.6 Å². The minimum Gasteiger partial charge on any atom is -0.354 e. The molecule has 0 aromatic heterocycles. The fraction of sp³-hybridized carbons (Fsp3) is 0.440. The van der Waals surface area contributed by atoms with E-state index in [0.29, 0.717) is 13.0 Å². The highest BCUT2D eigenvalue weighted by Gasteiger charge is 2.32. The van der Waals surface area contributed by atoms with E-state index in [1.54, 1.807) is 6.92 Å². The first-order chi connectivity index (χ1) is 16.5. The van der Waals surface area contributed by atoms with Crippen LogP contribution in [0.2, 0.25) is 5.02 Å². The Hall–Kier alpha value is -2.65. The Labute approximate surface area is 212 Å². The smallest absolute Gasteiger partial charge is 0.244 e. The van der Waals surface area contributed by atoms with Crippen molar-refractivity contribution in [2.45, 2.75) is 52.6 Å². The molecule has 0 aliphatic heterocycles. The number of carbonyl (C=O) groups excluding carboxylic acids is 2. The van der Waals surface area contributed by atoms with Gasteiger partial charge in [0, 0.05) is 13.1 Å². The Balaban J connectivity index is 2.43. The molecule has 7 nitrogen and oxygen atoms in total. The standard InChI is InChI=1S/C25H33ClFN3O4S/c1-5-7-14-28-25(32)23(6-2)29(16-19-11-9-8-10-18(19)3)24(31)17-30(35(4,33)34)20-12-13-22(27)21(26)15-20/h8-13,15,23H,5-7,14,16-17H2,1-4H3,(H,28,32)/t23-/m1/s1. The normalized spacial score (nSPS) is 12.2. The summed E-state index contributed by atoms with van der Waals surface area (Å²) in [5, 5.41) is 2.61. The zero-order chi connectivity index (χ0) is 26.2. The summed E-state index contributed by atoms with van der Waals surface area (Å²) < 4.78 is 39.7. The third-order valence-corrected chi connectivity index (χ3v) is 7.12. The van der Waals surface area contributed by atoms with Crippen LogP contribution in [-0.2, 0) is 26.2 Å². The Kier molecular flexibility index (Phi) is 10.5. The number of nitrogens with one attached hydrogen (secondary N) is 1. The lowest BCUT2D eigenvalue weighted by atomic mass is 10.1. The van der Waals surface area contributed by atoms with Crippen LogP contribution < -0.4 is 9.62 Å². The van der Waals surface area contributed by atoms with Gasteiger partial charge in [-0.15, -0.1) is 0 Å². The predicted octanol–water partition coefficient (Wildman–Crippen LogP) is 4.28. The average Bonchev–Trinajstić information content (AvgIpc) is 2.79. The average molecular weight is 526 g/mol. The fourth-order valence-corrected chi connectivity index (χ4v) is 4.67. The summed E-state index contributed by atoms with van der Waals surface area (Å²) in [7, 11) is -3.92. The first-order valence-corrected chi connectivity index (χ1v) is 13.8. The minimum absolute atomic E-state index is 0.0588. The van der Waals surface area contributed by atoms with E-state index in [1.165, 1.54) is 11.0 Å². The molecule has 0 bridgehead atoms. The van der Waals surface area contributed by atoms with Gasteiger partial charge in [0.2, 0.25) is 21.8 Å². The molecule has 0 heterocycles. The number of hydrogen-bond acceptors (Lipinski definition) is 4. The van der Waals surface area contributed by atoms with Crippen LogP contribution in [0.5, 0.6) is 0 Å². The van der Waals surface area contributed by atoms with E-state index in [1.807, 2.05) is 38.1 Å². The van der Waals surface area contributed by atoms with Gasteiger partial charge in [0.05, 0.1) is 17.0 Å². The van der Waals surface area contributed by atoms with Crippen LogP contribution in [0, 0.1) is 12.7 Å². The monoisotopic (exact) mass is 525 g/mol. The van der Waals surface area contributed by atoms with Gasteiger partial charge < -0.3 is 10.2 Å². The molecule has 0 saturated carbocycles. The van der Waals surface area contributed by atoms with E-state index < -0.39 is 34.3 Å². The summed E-state index contributed by atoms with van der Waals surface area (Å²) in [5.74, 6) is -1.55. The molecule has 1 atom stereocenters. The van der Waals surface area contributed by atoms with Gasteiger partial charge in [-0.3, -0.25) is 13.9 Å². The van der Waals surface area contributed by atoms with Gasteiger partial charge >= 0.3 is 0 Å². The number of unbranched alkanes of at least 4 members (excludes halogenated alkanes) is 1. The molecule has 2 rings (SSSR count). The van der Waals surface area contributed by atoms with E-state index in [-0.39, 0.29) is 23.2 Å². The first-order valence-electron chi connectivity index (χ1n) is 11.5. The lowest BCUT2D eigenvalue weighted by Crippen LogP contribution is -2.52. The van der Waals surface area contributed by atoms with Crippen LogP contribution in [0.1, 0.15) is 44.2 Å². The van der Waals surface area contributed by atoms with Crippen molar-refractivity contribution in [1.82, 2.24) is 10.2 Å². The summed E-state index contributed by atoms with van der Waals surface area (Å²) in [6.45, 7) is 5.78. The highest BCUT2D eigenvalue weighted by molar-refractivity contribution is 7.92. The number of amides is 2. The number of nitrogens with zero attached hydrogens (tertiary/aromatic N) is 2. The number of sulfonamides is 1. The molecular weight excluding hydrogens is 493 g/mol. The van der Waals surface area contributed by atoms with E-state index in [9.17, 15) is 22.4 Å². The summed E-state index contributed by atoms with van der Waals surface area (Å²) >= 11 is 5.86. The molecular formula is C25H33ClFN3O4S. The zero-order valence-electron chi connectivity index (χ0n) is 20.6. The van der Waals surface area contributed by atoms with Crippen LogP contribution in [0.3, 0.4) is 0 Å². The van der Waals surface area contributed by atoms with Gasteiger partial charge in [-0.25, -0.2) is 12.8 Å². The lowest BCUT2D eigenvalue weighted by Gasteiger charge is -2.33. The predicted molar refractivity (Wildman–Crippen MR) is 137 cm³/mol. The number of rotatable bonds is 12. The van der Waals surface area contributed by atoms with Crippen LogP contribution in [0.15, 0.2) is 42.5 Å². The Morgan fingerprint density at radius 2 is 1.83 bits per heavy atom. The third kappa shape index (κ3) is 7.93. The highest BCUT2D eigenvalue weighted by atomic mass is 35.5. The van der Waals surface area contributed by atoms with Crippen molar-refractivity contribution in [2.24, 2.45) is 0 Å². The summed E-state index contributed by atoms with van der Waals surface area (Å²) in [5.41, 5.74) is 1.84. The van der Waals surface area contributed by atoms with Crippen molar-refractivity contribution in [3.05, 3.63) is 64.4 Å². The van der Waals surface area contributed by atoms with Crippen molar-refractivity contribution >= 4 is 39.1 Å². The van der Waals surface area contributed by atoms with Crippen molar-refractivity contribution in [1.29, 1.82) is 0 Å². The van der Waals surface area contributed by atoms with Crippen molar-refractivity contribution in [2.75, 3.05) is 23.7 Å². The Bertz CT molecular complexity index is 1140. The first kappa shape index (κ1) is 28.6. The topological polar surface area (TPSA) is 86.8 Å². The molecule has 0 aliphatic carbocycles. The Morgan fingerprint density at radius 3 is 2.40 bits per heavy atom. The molecule has 1 N–H and O–H groups in total. The van der Waals surface area contributed by atoms with Gasteiger partial charge in [-0.2, -0.15) is 0 Å². The molecule has 0 radical (unpaired) electrons. The molecule has 0 spiro atoms. The van der Waals surface area contributed by atoms with Crippen molar-refractivity contribution < 1.29 is 22.4 Å².